The highest BCUT2D eigenvalue weighted by atomic mass is 35.5. The van der Waals surface area contributed by atoms with E-state index in [1.165, 1.54) is 0 Å². The third kappa shape index (κ3) is 4.57. The van der Waals surface area contributed by atoms with E-state index in [4.69, 9.17) is 22.1 Å². The second-order valence-electron chi connectivity index (χ2n) is 8.99. The lowest BCUT2D eigenvalue weighted by molar-refractivity contribution is 0.338. The zero-order valence-electron chi connectivity index (χ0n) is 19.4. The van der Waals surface area contributed by atoms with Crippen LogP contribution >= 0.6 is 11.6 Å². The summed E-state index contributed by atoms with van der Waals surface area (Å²) in [5.74, 6) is 1.03. The number of alkyl halides is 1. The first-order valence-electron chi connectivity index (χ1n) is 11.3. The van der Waals surface area contributed by atoms with Gasteiger partial charge in [-0.3, -0.25) is 0 Å². The van der Waals surface area contributed by atoms with Crippen molar-refractivity contribution in [3.63, 3.8) is 0 Å². The minimum atomic E-state index is -0.290. The molecule has 1 fully saturated rings. The maximum absolute atomic E-state index is 9.76. The Morgan fingerprint density at radius 1 is 1.18 bits per heavy atom. The molecule has 1 saturated heterocycles. The topological polar surface area (TPSA) is 80.1 Å². The van der Waals surface area contributed by atoms with Crippen molar-refractivity contribution in [2.75, 3.05) is 30.5 Å². The van der Waals surface area contributed by atoms with Crippen molar-refractivity contribution < 1.29 is 4.74 Å². The van der Waals surface area contributed by atoms with Crippen LogP contribution in [-0.2, 0) is 11.8 Å². The number of rotatable bonds is 8. The van der Waals surface area contributed by atoms with Crippen molar-refractivity contribution in [3.8, 4) is 17.5 Å². The molecule has 0 unspecified atom stereocenters. The van der Waals surface area contributed by atoms with Gasteiger partial charge in [-0.05, 0) is 41.3 Å². The summed E-state index contributed by atoms with van der Waals surface area (Å²) in [5.41, 5.74) is 11.5. The zero-order chi connectivity index (χ0) is 23.6. The van der Waals surface area contributed by atoms with Crippen molar-refractivity contribution in [2.45, 2.75) is 38.6 Å². The molecule has 1 aromatic heterocycles. The fraction of sp³-hybridized carbons (Fsp3) is 0.385. The van der Waals surface area contributed by atoms with Gasteiger partial charge in [-0.25, -0.2) is 4.68 Å². The molecule has 2 N–H and O–H groups in total. The molecular formula is C26H30ClN5O. The quantitative estimate of drug-likeness (QED) is 0.501. The highest BCUT2D eigenvalue weighted by molar-refractivity contribution is 6.18. The predicted octanol–water partition coefficient (Wildman–Crippen LogP) is 4.40. The number of hydrogen-bond acceptors (Lipinski definition) is 5. The van der Waals surface area contributed by atoms with Crippen LogP contribution in [-0.4, -0.2) is 41.4 Å². The molecule has 1 aliphatic heterocycles. The van der Waals surface area contributed by atoms with E-state index in [1.54, 1.807) is 0 Å². The number of nitriles is 1. The molecule has 0 spiro atoms. The number of benzene rings is 2. The smallest absolute Gasteiger partial charge is 0.140 e. The van der Waals surface area contributed by atoms with E-state index in [9.17, 15) is 5.26 Å². The molecule has 3 aromatic rings. The van der Waals surface area contributed by atoms with Gasteiger partial charge in [-0.1, -0.05) is 39.0 Å². The van der Waals surface area contributed by atoms with Gasteiger partial charge in [-0.15, -0.1) is 11.6 Å². The van der Waals surface area contributed by atoms with Gasteiger partial charge in [0.15, 0.2) is 0 Å². The van der Waals surface area contributed by atoms with E-state index >= 15 is 0 Å². The molecule has 1 aliphatic rings. The number of halogens is 1. The fourth-order valence-electron chi connectivity index (χ4n) is 4.25. The van der Waals surface area contributed by atoms with Crippen LogP contribution in [0.2, 0.25) is 0 Å². The van der Waals surface area contributed by atoms with Crippen LogP contribution in [0.1, 0.15) is 43.0 Å². The summed E-state index contributed by atoms with van der Waals surface area (Å²) >= 11 is 5.79. The van der Waals surface area contributed by atoms with Crippen LogP contribution in [0, 0.1) is 11.3 Å². The maximum atomic E-state index is 9.76. The standard InChI is InChI=1S/C26H30ClN5O/c1-4-18-11-21(12-19(13-28)25(18)33-10-9-27)26(2,3)20-5-7-23(8-6-20)32-17-24(14-30-32)31-15-22(29)16-31/h5-8,11-12,14,17,22H,4,9-10,15-16,29H2,1-3H3. The molecule has 2 heterocycles. The minimum Gasteiger partial charge on any atom is -0.491 e. The fourth-order valence-corrected chi connectivity index (χ4v) is 4.32. The Bertz CT molecular complexity index is 1160. The molecular weight excluding hydrogens is 434 g/mol. The molecule has 0 atom stereocenters. The number of ether oxygens (including phenoxy) is 1. The van der Waals surface area contributed by atoms with Gasteiger partial charge in [0.2, 0.25) is 0 Å². The summed E-state index contributed by atoms with van der Waals surface area (Å²) < 4.78 is 7.69. The van der Waals surface area contributed by atoms with E-state index < -0.39 is 0 Å². The lowest BCUT2D eigenvalue weighted by atomic mass is 9.77. The van der Waals surface area contributed by atoms with E-state index in [0.717, 1.165) is 47.6 Å². The van der Waals surface area contributed by atoms with Crippen molar-refractivity contribution in [2.24, 2.45) is 5.73 Å². The summed E-state index contributed by atoms with van der Waals surface area (Å²) in [4.78, 5) is 2.23. The molecule has 0 saturated carbocycles. The molecule has 0 radical (unpaired) electrons. The molecule has 33 heavy (non-hydrogen) atoms. The molecule has 7 heteroatoms. The first-order chi connectivity index (χ1) is 15.9. The van der Waals surface area contributed by atoms with E-state index in [1.807, 2.05) is 23.1 Å². The number of nitrogens with two attached hydrogens (primary N) is 1. The Kier molecular flexibility index (Phi) is 6.64. The largest absolute Gasteiger partial charge is 0.491 e. The molecule has 4 rings (SSSR count). The van der Waals surface area contributed by atoms with Crippen molar-refractivity contribution in [1.82, 2.24) is 9.78 Å². The second-order valence-corrected chi connectivity index (χ2v) is 9.37. The van der Waals surface area contributed by atoms with Crippen LogP contribution in [0.15, 0.2) is 48.8 Å². The summed E-state index contributed by atoms with van der Waals surface area (Å²) in [6.45, 7) is 8.56. The molecule has 6 nitrogen and oxygen atoms in total. The normalized spacial score (nSPS) is 14.1. The molecule has 2 aromatic carbocycles. The Morgan fingerprint density at radius 3 is 2.52 bits per heavy atom. The second kappa shape index (κ2) is 9.46. The van der Waals surface area contributed by atoms with Crippen molar-refractivity contribution in [3.05, 3.63) is 71.0 Å². The van der Waals surface area contributed by atoms with E-state index in [-0.39, 0.29) is 11.5 Å². The zero-order valence-corrected chi connectivity index (χ0v) is 20.1. The number of hydrogen-bond donors (Lipinski definition) is 1. The molecule has 0 bridgehead atoms. The molecule has 0 amide bonds. The Morgan fingerprint density at radius 2 is 1.91 bits per heavy atom. The van der Waals surface area contributed by atoms with Gasteiger partial charge < -0.3 is 15.4 Å². The van der Waals surface area contributed by atoms with Gasteiger partial charge in [0.1, 0.15) is 18.4 Å². The van der Waals surface area contributed by atoms with Crippen LogP contribution in [0.5, 0.6) is 5.75 Å². The first-order valence-corrected chi connectivity index (χ1v) is 11.8. The highest BCUT2D eigenvalue weighted by Gasteiger charge is 2.27. The van der Waals surface area contributed by atoms with Crippen LogP contribution < -0.4 is 15.4 Å². The third-order valence-electron chi connectivity index (χ3n) is 6.41. The van der Waals surface area contributed by atoms with Crippen molar-refractivity contribution in [1.29, 1.82) is 5.26 Å². The summed E-state index contributed by atoms with van der Waals surface area (Å²) in [6.07, 6.45) is 4.70. The van der Waals surface area contributed by atoms with Crippen molar-refractivity contribution >= 4 is 17.3 Å². The van der Waals surface area contributed by atoms with Gasteiger partial charge in [0, 0.05) is 24.5 Å². The van der Waals surface area contributed by atoms with Gasteiger partial charge in [0.25, 0.3) is 0 Å². The van der Waals surface area contributed by atoms with Crippen LogP contribution in [0.4, 0.5) is 5.69 Å². The monoisotopic (exact) mass is 463 g/mol. The number of aromatic nitrogens is 2. The predicted molar refractivity (Wildman–Crippen MR) is 133 cm³/mol. The first kappa shape index (κ1) is 23.2. The Hall–Kier alpha value is -3.01. The summed E-state index contributed by atoms with van der Waals surface area (Å²) in [5, 5.41) is 14.3. The Balaban J connectivity index is 1.60. The van der Waals surface area contributed by atoms with Crippen LogP contribution in [0.25, 0.3) is 5.69 Å². The Labute approximate surface area is 200 Å². The summed E-state index contributed by atoms with van der Waals surface area (Å²) in [7, 11) is 0. The third-order valence-corrected chi connectivity index (χ3v) is 6.56. The number of aryl methyl sites for hydroxylation is 1. The average molecular weight is 464 g/mol. The molecule has 172 valence electrons. The molecule has 0 aliphatic carbocycles. The van der Waals surface area contributed by atoms with Gasteiger partial charge in [-0.2, -0.15) is 10.4 Å². The minimum absolute atomic E-state index is 0.255. The maximum Gasteiger partial charge on any atom is 0.140 e. The van der Waals surface area contributed by atoms with Crippen LogP contribution in [0.3, 0.4) is 0 Å². The van der Waals surface area contributed by atoms with Gasteiger partial charge >= 0.3 is 0 Å². The lowest BCUT2D eigenvalue weighted by Gasteiger charge is -2.37. The average Bonchev–Trinajstić information content (AvgIpc) is 3.29. The SMILES string of the molecule is CCc1cc(C(C)(C)c2ccc(-n3cc(N4CC(N)C4)cn3)cc2)cc(C#N)c1OCCCl. The summed E-state index contributed by atoms with van der Waals surface area (Å²) in [6, 6.07) is 15.1. The highest BCUT2D eigenvalue weighted by Crippen LogP contribution is 2.37. The number of nitrogens with zero attached hydrogens (tertiary/aromatic N) is 4. The number of anilines is 1. The van der Waals surface area contributed by atoms with E-state index in [0.29, 0.717) is 23.8 Å². The van der Waals surface area contributed by atoms with E-state index in [2.05, 4.69) is 67.2 Å². The lowest BCUT2D eigenvalue weighted by Crippen LogP contribution is -2.55. The van der Waals surface area contributed by atoms with Gasteiger partial charge in [0.05, 0.1) is 35.2 Å².